The summed E-state index contributed by atoms with van der Waals surface area (Å²) in [6.45, 7) is 6.05. The fourth-order valence-corrected chi connectivity index (χ4v) is 5.88. The van der Waals surface area contributed by atoms with Gasteiger partial charge in [0.2, 0.25) is 10.0 Å². The van der Waals surface area contributed by atoms with Crippen LogP contribution in [0.5, 0.6) is 0 Å². The summed E-state index contributed by atoms with van der Waals surface area (Å²) < 4.78 is 26.6. The number of halogens is 1. The number of thioether (sulfide) groups is 1. The molecule has 0 amide bonds. The van der Waals surface area contributed by atoms with Crippen molar-refractivity contribution in [3.05, 3.63) is 12.2 Å². The Morgan fingerprint density at radius 1 is 1.32 bits per heavy atom. The van der Waals surface area contributed by atoms with Gasteiger partial charge in [-0.3, -0.25) is 10.1 Å². The van der Waals surface area contributed by atoms with E-state index in [4.69, 9.17) is 0 Å². The molecule has 2 aliphatic heterocycles. The summed E-state index contributed by atoms with van der Waals surface area (Å²) in [5.74, 6) is 3.97. The molecule has 0 atom stereocenters. The van der Waals surface area contributed by atoms with E-state index < -0.39 is 10.0 Å². The van der Waals surface area contributed by atoms with Crippen LogP contribution in [0.4, 0.5) is 0 Å². The number of piperidine rings is 1. The molecule has 0 radical (unpaired) electrons. The van der Waals surface area contributed by atoms with Gasteiger partial charge in [0.25, 0.3) is 0 Å². The van der Waals surface area contributed by atoms with E-state index in [1.54, 1.807) is 10.6 Å². The number of aliphatic imine (C=N–C) groups is 1. The summed E-state index contributed by atoms with van der Waals surface area (Å²) >= 11 is 1.81. The first kappa shape index (κ1) is 23.7. The highest BCUT2D eigenvalue weighted by Gasteiger charge is 2.26. The topological polar surface area (TPSA) is 107 Å². The molecule has 0 aliphatic carbocycles. The Balaban J connectivity index is 0.00000280. The zero-order valence-corrected chi connectivity index (χ0v) is 20.2. The molecule has 9 nitrogen and oxygen atoms in total. The molecular weight excluding hydrogens is 513 g/mol. The van der Waals surface area contributed by atoms with E-state index in [1.165, 1.54) is 0 Å². The van der Waals surface area contributed by atoms with Gasteiger partial charge in [-0.2, -0.15) is 16.9 Å². The zero-order chi connectivity index (χ0) is 19.1. The molecule has 1 aromatic rings. The van der Waals surface area contributed by atoms with Crippen molar-refractivity contribution in [1.29, 1.82) is 0 Å². The normalized spacial score (nSPS) is 20.0. The highest BCUT2D eigenvalue weighted by atomic mass is 127. The minimum Gasteiger partial charge on any atom is -0.357 e. The average Bonchev–Trinajstić information content (AvgIpc) is 3.23. The quantitative estimate of drug-likeness (QED) is 0.313. The number of sulfonamides is 1. The Hall–Kier alpha value is -0.600. The highest BCUT2D eigenvalue weighted by Crippen LogP contribution is 2.24. The number of likely N-dealkylation sites (tertiary alicyclic amines) is 1. The lowest BCUT2D eigenvalue weighted by Crippen LogP contribution is -2.46. The lowest BCUT2D eigenvalue weighted by atomic mass is 9.96. The molecule has 1 aromatic heterocycles. The fraction of sp³-hybridized carbons (Fsp3) is 0.812. The van der Waals surface area contributed by atoms with Crippen LogP contribution in [-0.2, 0) is 10.0 Å². The third kappa shape index (κ3) is 6.46. The van der Waals surface area contributed by atoms with Crippen LogP contribution in [0.15, 0.2) is 11.3 Å². The lowest BCUT2D eigenvalue weighted by molar-refractivity contribution is 0.299. The SMILES string of the molecule is CCNC(=NCCS(=O)(=O)N1CCSCC1)N1CCC(c2ncn[nH]2)CC1.I. The molecule has 0 unspecified atom stereocenters. The standard InChI is InChI=1S/C16H29N7O2S2.HI/c1-2-17-16(18-5-12-27(24,25)23-8-10-26-11-9-23)22-6-3-14(4-7-22)15-19-13-20-21-15;/h13-14H,2-12H2,1H3,(H,17,18)(H,19,20,21);1H. The number of nitrogens with one attached hydrogen (secondary N) is 2. The Bertz CT molecular complexity index is 701. The minimum absolute atomic E-state index is 0. The molecular formula is C16H30IN7O2S2. The summed E-state index contributed by atoms with van der Waals surface area (Å²) in [5, 5.41) is 10.2. The second-order valence-corrected chi connectivity index (χ2v) is 10.0. The first-order valence-corrected chi connectivity index (χ1v) is 12.3. The predicted octanol–water partition coefficient (Wildman–Crippen LogP) is 0.946. The van der Waals surface area contributed by atoms with Crippen molar-refractivity contribution in [2.24, 2.45) is 4.99 Å². The Labute approximate surface area is 188 Å². The largest absolute Gasteiger partial charge is 0.357 e. The summed E-state index contributed by atoms with van der Waals surface area (Å²) in [6, 6.07) is 0. The van der Waals surface area contributed by atoms with E-state index in [1.807, 2.05) is 18.7 Å². The van der Waals surface area contributed by atoms with Gasteiger partial charge in [0.1, 0.15) is 12.2 Å². The summed E-state index contributed by atoms with van der Waals surface area (Å²) in [5.41, 5.74) is 0. The maximum Gasteiger partial charge on any atom is 0.215 e. The highest BCUT2D eigenvalue weighted by molar-refractivity contribution is 14.0. The van der Waals surface area contributed by atoms with Gasteiger partial charge < -0.3 is 10.2 Å². The van der Waals surface area contributed by atoms with E-state index in [0.29, 0.717) is 19.0 Å². The third-order valence-corrected chi connectivity index (χ3v) is 7.72. The third-order valence-electron chi connectivity index (χ3n) is 4.92. The molecule has 0 bridgehead atoms. The van der Waals surface area contributed by atoms with Crippen LogP contribution >= 0.6 is 35.7 Å². The van der Waals surface area contributed by atoms with Crippen LogP contribution in [0.2, 0.25) is 0 Å². The Morgan fingerprint density at radius 2 is 2.04 bits per heavy atom. The molecule has 0 spiro atoms. The maximum atomic E-state index is 12.5. The fourth-order valence-electron chi connectivity index (χ4n) is 3.42. The molecule has 2 N–H and O–H groups in total. The zero-order valence-electron chi connectivity index (χ0n) is 16.2. The molecule has 28 heavy (non-hydrogen) atoms. The molecule has 2 aliphatic rings. The number of H-pyrrole nitrogens is 1. The Kier molecular flexibility index (Phi) is 9.77. The van der Waals surface area contributed by atoms with Crippen LogP contribution in [-0.4, -0.2) is 95.3 Å². The number of nitrogens with zero attached hydrogens (tertiary/aromatic N) is 5. The molecule has 2 fully saturated rings. The first-order valence-electron chi connectivity index (χ1n) is 9.54. The molecule has 160 valence electrons. The number of aromatic amines is 1. The average molecular weight is 544 g/mol. The van der Waals surface area contributed by atoms with Gasteiger partial charge in [-0.25, -0.2) is 17.7 Å². The summed E-state index contributed by atoms with van der Waals surface area (Å²) in [6.07, 6.45) is 3.50. The van der Waals surface area contributed by atoms with Crippen molar-refractivity contribution >= 4 is 51.7 Å². The Morgan fingerprint density at radius 3 is 2.64 bits per heavy atom. The van der Waals surface area contributed by atoms with Gasteiger partial charge in [-0.15, -0.1) is 24.0 Å². The van der Waals surface area contributed by atoms with Crippen molar-refractivity contribution in [2.45, 2.75) is 25.7 Å². The second kappa shape index (κ2) is 11.6. The van der Waals surface area contributed by atoms with Crippen molar-refractivity contribution in [1.82, 2.24) is 29.7 Å². The van der Waals surface area contributed by atoms with Gasteiger partial charge in [0.05, 0.1) is 12.3 Å². The van der Waals surface area contributed by atoms with E-state index in [9.17, 15) is 8.42 Å². The van der Waals surface area contributed by atoms with Crippen LogP contribution in [0.1, 0.15) is 31.5 Å². The van der Waals surface area contributed by atoms with Crippen LogP contribution < -0.4 is 5.32 Å². The van der Waals surface area contributed by atoms with E-state index in [0.717, 1.165) is 55.8 Å². The molecule has 3 heterocycles. The smallest absolute Gasteiger partial charge is 0.215 e. The van der Waals surface area contributed by atoms with Crippen LogP contribution in [0, 0.1) is 0 Å². The van der Waals surface area contributed by atoms with E-state index in [-0.39, 0.29) is 36.3 Å². The molecule has 2 saturated heterocycles. The molecule has 0 saturated carbocycles. The van der Waals surface area contributed by atoms with Gasteiger partial charge in [0.15, 0.2) is 5.96 Å². The first-order chi connectivity index (χ1) is 13.1. The van der Waals surface area contributed by atoms with E-state index >= 15 is 0 Å². The molecule has 0 aromatic carbocycles. The minimum atomic E-state index is -3.22. The van der Waals surface area contributed by atoms with Crippen LogP contribution in [0.3, 0.4) is 0 Å². The number of aromatic nitrogens is 3. The number of hydrogen-bond donors (Lipinski definition) is 2. The van der Waals surface area contributed by atoms with Crippen molar-refractivity contribution in [3.63, 3.8) is 0 Å². The van der Waals surface area contributed by atoms with Crippen molar-refractivity contribution in [3.8, 4) is 0 Å². The second-order valence-electron chi connectivity index (χ2n) is 6.70. The lowest BCUT2D eigenvalue weighted by Gasteiger charge is -2.33. The predicted molar refractivity (Wildman–Crippen MR) is 124 cm³/mol. The van der Waals surface area contributed by atoms with E-state index in [2.05, 4.69) is 30.4 Å². The molecule has 12 heteroatoms. The van der Waals surface area contributed by atoms with Crippen molar-refractivity contribution in [2.75, 3.05) is 56.5 Å². The van der Waals surface area contributed by atoms with Gasteiger partial charge in [-0.1, -0.05) is 0 Å². The number of guanidine groups is 1. The van der Waals surface area contributed by atoms with Crippen LogP contribution in [0.25, 0.3) is 0 Å². The summed E-state index contributed by atoms with van der Waals surface area (Å²) in [7, 11) is -3.22. The van der Waals surface area contributed by atoms with Crippen molar-refractivity contribution < 1.29 is 8.42 Å². The number of hydrogen-bond acceptors (Lipinski definition) is 6. The maximum absolute atomic E-state index is 12.5. The summed E-state index contributed by atoms with van der Waals surface area (Å²) in [4.78, 5) is 11.1. The van der Waals surface area contributed by atoms with Gasteiger partial charge >= 0.3 is 0 Å². The monoisotopic (exact) mass is 543 g/mol. The number of rotatable bonds is 6. The van der Waals surface area contributed by atoms with Gasteiger partial charge in [-0.05, 0) is 19.8 Å². The molecule has 3 rings (SSSR count). The van der Waals surface area contributed by atoms with Gasteiger partial charge in [0, 0.05) is 50.1 Å².